The third kappa shape index (κ3) is 3.13. The van der Waals surface area contributed by atoms with Gasteiger partial charge in [0.05, 0.1) is 11.8 Å². The number of amides is 1. The number of carboxylic acids is 1. The minimum Gasteiger partial charge on any atom is -0.478 e. The molecule has 3 heterocycles. The van der Waals surface area contributed by atoms with E-state index in [4.69, 9.17) is 9.52 Å². The van der Waals surface area contributed by atoms with Crippen molar-refractivity contribution < 1.29 is 19.1 Å². The van der Waals surface area contributed by atoms with E-state index in [9.17, 15) is 9.59 Å². The zero-order valence-electron chi connectivity index (χ0n) is 12.9. The summed E-state index contributed by atoms with van der Waals surface area (Å²) in [4.78, 5) is 24.9. The first-order valence-electron chi connectivity index (χ1n) is 7.72. The van der Waals surface area contributed by atoms with Gasteiger partial charge in [0.2, 0.25) is 0 Å². The number of piperidine rings is 1. The molecule has 2 aromatic rings. The van der Waals surface area contributed by atoms with Crippen molar-refractivity contribution >= 4 is 11.9 Å². The first-order valence-corrected chi connectivity index (χ1v) is 7.72. The Morgan fingerprint density at radius 1 is 1.39 bits per heavy atom. The van der Waals surface area contributed by atoms with Crippen molar-refractivity contribution in [2.75, 3.05) is 13.1 Å². The van der Waals surface area contributed by atoms with Crippen LogP contribution in [-0.4, -0.2) is 44.8 Å². The van der Waals surface area contributed by atoms with E-state index in [1.54, 1.807) is 4.90 Å². The number of aryl methyl sites for hydroxylation is 1. The summed E-state index contributed by atoms with van der Waals surface area (Å²) in [6.07, 6.45) is 6.80. The van der Waals surface area contributed by atoms with Crippen molar-refractivity contribution in [1.82, 2.24) is 14.7 Å². The Bertz CT molecular complexity index is 710. The number of likely N-dealkylation sites (tertiary alicyclic amines) is 1. The monoisotopic (exact) mass is 317 g/mol. The average molecular weight is 317 g/mol. The molecule has 0 bridgehead atoms. The standard InChI is InChI=1S/C16H19N3O4/c1-2-19-9-13(8-17-19)11-3-5-18(6-4-11)15(20)14-7-12(10-23-14)16(21)22/h7-11H,2-6H2,1H3,(H,21,22). The molecule has 2 aromatic heterocycles. The second-order valence-corrected chi connectivity index (χ2v) is 5.70. The molecule has 1 fully saturated rings. The van der Waals surface area contributed by atoms with Crippen LogP contribution in [0.4, 0.5) is 0 Å². The van der Waals surface area contributed by atoms with E-state index >= 15 is 0 Å². The predicted molar refractivity (Wildman–Crippen MR) is 81.4 cm³/mol. The van der Waals surface area contributed by atoms with Gasteiger partial charge in [-0.2, -0.15) is 5.10 Å². The van der Waals surface area contributed by atoms with Crippen LogP contribution in [0.1, 0.15) is 52.2 Å². The highest BCUT2D eigenvalue weighted by atomic mass is 16.4. The largest absolute Gasteiger partial charge is 0.478 e. The fourth-order valence-corrected chi connectivity index (χ4v) is 2.90. The molecule has 0 saturated carbocycles. The highest BCUT2D eigenvalue weighted by Gasteiger charge is 2.27. The van der Waals surface area contributed by atoms with Gasteiger partial charge in [-0.25, -0.2) is 4.79 Å². The number of aromatic nitrogens is 2. The number of rotatable bonds is 4. The maximum atomic E-state index is 12.4. The van der Waals surface area contributed by atoms with Gasteiger partial charge in [-0.3, -0.25) is 9.48 Å². The molecule has 0 spiro atoms. The fraction of sp³-hybridized carbons (Fsp3) is 0.438. The van der Waals surface area contributed by atoms with E-state index in [0.717, 1.165) is 25.6 Å². The summed E-state index contributed by atoms with van der Waals surface area (Å²) in [5.41, 5.74) is 1.21. The molecule has 0 aliphatic carbocycles. The van der Waals surface area contributed by atoms with Crippen LogP contribution in [0.3, 0.4) is 0 Å². The van der Waals surface area contributed by atoms with Crippen molar-refractivity contribution in [3.05, 3.63) is 41.6 Å². The predicted octanol–water partition coefficient (Wildman–Crippen LogP) is 2.21. The molecular formula is C16H19N3O4. The summed E-state index contributed by atoms with van der Waals surface area (Å²) in [6, 6.07) is 1.28. The number of hydrogen-bond acceptors (Lipinski definition) is 4. The lowest BCUT2D eigenvalue weighted by Gasteiger charge is -2.31. The van der Waals surface area contributed by atoms with Crippen LogP contribution in [-0.2, 0) is 6.54 Å². The molecule has 0 unspecified atom stereocenters. The highest BCUT2D eigenvalue weighted by molar-refractivity contribution is 5.95. The number of hydrogen-bond donors (Lipinski definition) is 1. The number of carboxylic acid groups (broad SMARTS) is 1. The van der Waals surface area contributed by atoms with E-state index in [1.807, 2.05) is 17.8 Å². The summed E-state index contributed by atoms with van der Waals surface area (Å²) in [7, 11) is 0. The summed E-state index contributed by atoms with van der Waals surface area (Å²) >= 11 is 0. The Labute approximate surface area is 133 Å². The van der Waals surface area contributed by atoms with Crippen LogP contribution >= 0.6 is 0 Å². The number of aromatic carboxylic acids is 1. The Morgan fingerprint density at radius 2 is 2.13 bits per heavy atom. The van der Waals surface area contributed by atoms with E-state index < -0.39 is 5.97 Å². The first kappa shape index (κ1) is 15.3. The molecule has 122 valence electrons. The summed E-state index contributed by atoms with van der Waals surface area (Å²) in [5, 5.41) is 13.2. The van der Waals surface area contributed by atoms with Gasteiger partial charge in [0.1, 0.15) is 6.26 Å². The van der Waals surface area contributed by atoms with Crippen LogP contribution in [0.25, 0.3) is 0 Å². The van der Waals surface area contributed by atoms with E-state index in [-0.39, 0.29) is 17.2 Å². The molecule has 1 amide bonds. The Morgan fingerprint density at radius 3 is 2.70 bits per heavy atom. The Balaban J connectivity index is 1.61. The van der Waals surface area contributed by atoms with E-state index in [1.165, 1.54) is 11.6 Å². The molecule has 7 nitrogen and oxygen atoms in total. The second kappa shape index (κ2) is 6.28. The highest BCUT2D eigenvalue weighted by Crippen LogP contribution is 2.28. The molecule has 23 heavy (non-hydrogen) atoms. The molecule has 0 atom stereocenters. The maximum Gasteiger partial charge on any atom is 0.338 e. The van der Waals surface area contributed by atoms with Gasteiger partial charge in [0, 0.05) is 31.9 Å². The smallest absolute Gasteiger partial charge is 0.338 e. The zero-order chi connectivity index (χ0) is 16.4. The number of furan rings is 1. The first-order chi connectivity index (χ1) is 11.1. The zero-order valence-corrected chi connectivity index (χ0v) is 12.9. The molecule has 3 rings (SSSR count). The topological polar surface area (TPSA) is 88.6 Å². The molecule has 1 N–H and O–H groups in total. The summed E-state index contributed by atoms with van der Waals surface area (Å²) < 4.78 is 6.99. The molecule has 1 saturated heterocycles. The van der Waals surface area contributed by atoms with Crippen LogP contribution in [0.2, 0.25) is 0 Å². The SMILES string of the molecule is CCn1cc(C2CCN(C(=O)c3cc(C(=O)O)co3)CC2)cn1. The van der Waals surface area contributed by atoms with Crippen molar-refractivity contribution in [2.45, 2.75) is 32.2 Å². The van der Waals surface area contributed by atoms with Crippen LogP contribution < -0.4 is 0 Å². The fourth-order valence-electron chi connectivity index (χ4n) is 2.90. The summed E-state index contributed by atoms with van der Waals surface area (Å²) in [6.45, 7) is 4.16. The molecule has 1 aliphatic rings. The van der Waals surface area contributed by atoms with Gasteiger partial charge in [-0.05, 0) is 31.2 Å². The molecule has 0 radical (unpaired) electrons. The lowest BCUT2D eigenvalue weighted by molar-refractivity contribution is 0.0677. The normalized spacial score (nSPS) is 15.8. The van der Waals surface area contributed by atoms with Crippen LogP contribution in [0.15, 0.2) is 29.1 Å². The number of carbonyl (C=O) groups is 2. The van der Waals surface area contributed by atoms with Crippen LogP contribution in [0, 0.1) is 0 Å². The van der Waals surface area contributed by atoms with E-state index in [2.05, 4.69) is 11.3 Å². The summed E-state index contributed by atoms with van der Waals surface area (Å²) in [5.74, 6) is -0.857. The quantitative estimate of drug-likeness (QED) is 0.934. The average Bonchev–Trinajstić information content (AvgIpc) is 3.23. The lowest BCUT2D eigenvalue weighted by atomic mass is 9.91. The third-order valence-electron chi connectivity index (χ3n) is 4.29. The van der Waals surface area contributed by atoms with Crippen molar-refractivity contribution in [3.8, 4) is 0 Å². The lowest BCUT2D eigenvalue weighted by Crippen LogP contribution is -2.37. The van der Waals surface area contributed by atoms with Crippen molar-refractivity contribution in [2.24, 2.45) is 0 Å². The third-order valence-corrected chi connectivity index (χ3v) is 4.29. The van der Waals surface area contributed by atoms with E-state index in [0.29, 0.717) is 19.0 Å². The Hall–Kier alpha value is -2.57. The van der Waals surface area contributed by atoms with Gasteiger partial charge >= 0.3 is 5.97 Å². The molecule has 1 aliphatic heterocycles. The second-order valence-electron chi connectivity index (χ2n) is 5.70. The minimum atomic E-state index is -1.10. The number of carbonyl (C=O) groups excluding carboxylic acids is 1. The molecule has 0 aromatic carbocycles. The van der Waals surface area contributed by atoms with Crippen LogP contribution in [0.5, 0.6) is 0 Å². The molecular weight excluding hydrogens is 298 g/mol. The van der Waals surface area contributed by atoms with Gasteiger partial charge in [-0.1, -0.05) is 0 Å². The number of nitrogens with zero attached hydrogens (tertiary/aromatic N) is 3. The van der Waals surface area contributed by atoms with Crippen molar-refractivity contribution in [1.29, 1.82) is 0 Å². The van der Waals surface area contributed by atoms with Gasteiger partial charge in [0.15, 0.2) is 5.76 Å². The minimum absolute atomic E-state index is 0.00443. The van der Waals surface area contributed by atoms with Crippen molar-refractivity contribution in [3.63, 3.8) is 0 Å². The molecule has 7 heteroatoms. The van der Waals surface area contributed by atoms with Gasteiger partial charge in [-0.15, -0.1) is 0 Å². The van der Waals surface area contributed by atoms with Gasteiger partial charge < -0.3 is 14.4 Å². The Kier molecular flexibility index (Phi) is 4.18. The maximum absolute atomic E-state index is 12.4. The van der Waals surface area contributed by atoms with Gasteiger partial charge in [0.25, 0.3) is 5.91 Å².